The Labute approximate surface area is 146 Å². The summed E-state index contributed by atoms with van der Waals surface area (Å²) in [7, 11) is 0. The summed E-state index contributed by atoms with van der Waals surface area (Å²) in [5.41, 5.74) is 10.8. The predicted molar refractivity (Wildman–Crippen MR) is 99.1 cm³/mol. The third kappa shape index (κ3) is 2.62. The van der Waals surface area contributed by atoms with Crippen LogP contribution in [0.3, 0.4) is 0 Å². The van der Waals surface area contributed by atoms with Gasteiger partial charge in [0.15, 0.2) is 4.96 Å². The van der Waals surface area contributed by atoms with Crippen LogP contribution in [0.1, 0.15) is 36.0 Å². The van der Waals surface area contributed by atoms with Crippen molar-refractivity contribution in [3.8, 4) is 17.0 Å². The first kappa shape index (κ1) is 15.7. The van der Waals surface area contributed by atoms with Gasteiger partial charge in [0.1, 0.15) is 5.75 Å². The van der Waals surface area contributed by atoms with Crippen LogP contribution in [0.25, 0.3) is 16.2 Å². The van der Waals surface area contributed by atoms with Crippen LogP contribution in [-0.2, 0) is 19.3 Å². The van der Waals surface area contributed by atoms with E-state index in [1.54, 1.807) is 0 Å². The maximum atomic E-state index is 5.91. The van der Waals surface area contributed by atoms with Gasteiger partial charge in [-0.3, -0.25) is 4.40 Å². The number of thiazole rings is 1. The summed E-state index contributed by atoms with van der Waals surface area (Å²) >= 11 is 1.85. The second kappa shape index (κ2) is 6.57. The van der Waals surface area contributed by atoms with Gasteiger partial charge in [0.05, 0.1) is 18.0 Å². The van der Waals surface area contributed by atoms with E-state index >= 15 is 0 Å². The van der Waals surface area contributed by atoms with Gasteiger partial charge < -0.3 is 10.5 Å². The molecule has 0 radical (unpaired) electrons. The Balaban J connectivity index is 1.82. The van der Waals surface area contributed by atoms with E-state index in [2.05, 4.69) is 16.5 Å². The Hall–Kier alpha value is -1.85. The summed E-state index contributed by atoms with van der Waals surface area (Å²) in [4.78, 5) is 7.60. The molecule has 0 saturated heterocycles. The van der Waals surface area contributed by atoms with Gasteiger partial charge in [-0.2, -0.15) is 0 Å². The van der Waals surface area contributed by atoms with Crippen molar-refractivity contribution in [1.29, 1.82) is 0 Å². The van der Waals surface area contributed by atoms with Crippen LogP contribution in [-0.4, -0.2) is 22.5 Å². The first-order chi connectivity index (χ1) is 11.8. The summed E-state index contributed by atoms with van der Waals surface area (Å²) in [6, 6.07) is 8.25. The largest absolute Gasteiger partial charge is 0.494 e. The van der Waals surface area contributed by atoms with E-state index in [-0.39, 0.29) is 0 Å². The second-order valence-electron chi connectivity index (χ2n) is 6.20. The molecule has 0 aliphatic heterocycles. The van der Waals surface area contributed by atoms with Crippen LogP contribution in [0.2, 0.25) is 0 Å². The summed E-state index contributed by atoms with van der Waals surface area (Å²) in [5, 5.41) is 0. The van der Waals surface area contributed by atoms with Crippen molar-refractivity contribution < 1.29 is 4.74 Å². The number of hydrogen-bond donors (Lipinski definition) is 1. The zero-order valence-electron chi connectivity index (χ0n) is 14.0. The molecule has 0 unspecified atom stereocenters. The molecule has 5 heteroatoms. The molecule has 4 nitrogen and oxygen atoms in total. The third-order valence-corrected chi connectivity index (χ3v) is 5.78. The van der Waals surface area contributed by atoms with Crippen molar-refractivity contribution in [1.82, 2.24) is 9.38 Å². The second-order valence-corrected chi connectivity index (χ2v) is 7.26. The highest BCUT2D eigenvalue weighted by Crippen LogP contribution is 2.35. The standard InChI is InChI=1S/C19H23N3OS/c1-2-23-14-9-7-13(8-10-14)18-16(11-12-20)22-15-5-3-4-6-17(15)24-19(22)21-18/h7-10H,2-6,11-12,20H2,1H3. The summed E-state index contributed by atoms with van der Waals surface area (Å²) < 4.78 is 7.94. The van der Waals surface area contributed by atoms with Crippen molar-refractivity contribution in [2.75, 3.05) is 13.2 Å². The molecule has 126 valence electrons. The molecule has 1 aromatic carbocycles. The number of fused-ring (bicyclic) bond motifs is 3. The van der Waals surface area contributed by atoms with E-state index in [1.807, 2.05) is 30.4 Å². The van der Waals surface area contributed by atoms with Gasteiger partial charge in [-0.05, 0) is 63.4 Å². The van der Waals surface area contributed by atoms with Crippen molar-refractivity contribution >= 4 is 16.3 Å². The zero-order valence-corrected chi connectivity index (χ0v) is 14.9. The minimum atomic E-state index is 0.641. The molecular formula is C19H23N3OS. The van der Waals surface area contributed by atoms with E-state index in [4.69, 9.17) is 15.5 Å². The Morgan fingerprint density at radius 1 is 1.21 bits per heavy atom. The summed E-state index contributed by atoms with van der Waals surface area (Å²) in [6.07, 6.45) is 5.79. The molecular weight excluding hydrogens is 318 g/mol. The molecule has 2 heterocycles. The van der Waals surface area contributed by atoms with Crippen molar-refractivity contribution in [3.63, 3.8) is 0 Å². The smallest absolute Gasteiger partial charge is 0.194 e. The molecule has 2 N–H and O–H groups in total. The summed E-state index contributed by atoms with van der Waals surface area (Å²) in [5.74, 6) is 0.903. The maximum Gasteiger partial charge on any atom is 0.194 e. The van der Waals surface area contributed by atoms with E-state index in [9.17, 15) is 0 Å². The highest BCUT2D eigenvalue weighted by atomic mass is 32.1. The number of ether oxygens (including phenoxy) is 1. The van der Waals surface area contributed by atoms with E-state index in [0.717, 1.165) is 34.8 Å². The first-order valence-electron chi connectivity index (χ1n) is 8.77. The normalized spacial score (nSPS) is 14.1. The highest BCUT2D eigenvalue weighted by molar-refractivity contribution is 7.17. The van der Waals surface area contributed by atoms with Crippen LogP contribution < -0.4 is 10.5 Å². The molecule has 4 rings (SSSR count). The molecule has 0 saturated carbocycles. The monoisotopic (exact) mass is 341 g/mol. The Kier molecular flexibility index (Phi) is 4.29. The van der Waals surface area contributed by atoms with Gasteiger partial charge in [-0.15, -0.1) is 11.3 Å². The number of imidazole rings is 1. The Morgan fingerprint density at radius 2 is 2.00 bits per heavy atom. The molecule has 0 amide bonds. The van der Waals surface area contributed by atoms with Crippen LogP contribution in [0, 0.1) is 0 Å². The average Bonchev–Trinajstić information content (AvgIpc) is 3.13. The number of benzene rings is 1. The lowest BCUT2D eigenvalue weighted by Crippen LogP contribution is -2.09. The molecule has 3 aromatic rings. The lowest BCUT2D eigenvalue weighted by molar-refractivity contribution is 0.340. The maximum absolute atomic E-state index is 5.91. The van der Waals surface area contributed by atoms with E-state index < -0.39 is 0 Å². The molecule has 0 spiro atoms. The third-order valence-electron chi connectivity index (χ3n) is 4.64. The number of nitrogens with zero attached hydrogens (tertiary/aromatic N) is 2. The Bertz CT molecular complexity index is 848. The Morgan fingerprint density at radius 3 is 2.75 bits per heavy atom. The minimum Gasteiger partial charge on any atom is -0.494 e. The lowest BCUT2D eigenvalue weighted by atomic mass is 10.0. The number of aromatic nitrogens is 2. The topological polar surface area (TPSA) is 52.5 Å². The number of aryl methyl sites for hydroxylation is 2. The summed E-state index contributed by atoms with van der Waals surface area (Å²) in [6.45, 7) is 3.33. The van der Waals surface area contributed by atoms with Crippen molar-refractivity contribution in [3.05, 3.63) is 40.5 Å². The minimum absolute atomic E-state index is 0.641. The highest BCUT2D eigenvalue weighted by Gasteiger charge is 2.22. The molecule has 1 aliphatic rings. The quantitative estimate of drug-likeness (QED) is 0.767. The zero-order chi connectivity index (χ0) is 16.5. The van der Waals surface area contributed by atoms with Gasteiger partial charge >= 0.3 is 0 Å². The molecule has 24 heavy (non-hydrogen) atoms. The molecule has 2 aromatic heterocycles. The fourth-order valence-electron chi connectivity index (χ4n) is 3.57. The van der Waals surface area contributed by atoms with Gasteiger partial charge in [0.25, 0.3) is 0 Å². The van der Waals surface area contributed by atoms with Crippen LogP contribution in [0.4, 0.5) is 0 Å². The molecule has 0 bridgehead atoms. The van der Waals surface area contributed by atoms with Gasteiger partial charge in [-0.25, -0.2) is 4.98 Å². The first-order valence-corrected chi connectivity index (χ1v) is 9.58. The molecule has 0 atom stereocenters. The number of rotatable bonds is 5. The lowest BCUT2D eigenvalue weighted by Gasteiger charge is -2.12. The average molecular weight is 341 g/mol. The SMILES string of the molecule is CCOc1ccc(-c2nc3sc4c(n3c2CCN)CCCC4)cc1. The van der Waals surface area contributed by atoms with Crippen LogP contribution in [0.15, 0.2) is 24.3 Å². The fourth-order valence-corrected chi connectivity index (χ4v) is 4.80. The van der Waals surface area contributed by atoms with E-state index in [1.165, 1.54) is 35.5 Å². The van der Waals surface area contributed by atoms with E-state index in [0.29, 0.717) is 13.2 Å². The number of nitrogens with two attached hydrogens (primary N) is 1. The molecule has 1 aliphatic carbocycles. The molecule has 0 fully saturated rings. The van der Waals surface area contributed by atoms with Gasteiger partial charge in [-0.1, -0.05) is 0 Å². The van der Waals surface area contributed by atoms with Crippen molar-refractivity contribution in [2.45, 2.75) is 39.0 Å². The van der Waals surface area contributed by atoms with Crippen molar-refractivity contribution in [2.24, 2.45) is 5.73 Å². The predicted octanol–water partition coefficient (Wildman–Crippen LogP) is 3.84. The van der Waals surface area contributed by atoms with Crippen LogP contribution >= 0.6 is 11.3 Å². The van der Waals surface area contributed by atoms with Gasteiger partial charge in [0, 0.05) is 22.6 Å². The van der Waals surface area contributed by atoms with Crippen LogP contribution in [0.5, 0.6) is 5.75 Å². The number of hydrogen-bond acceptors (Lipinski definition) is 4. The van der Waals surface area contributed by atoms with Gasteiger partial charge in [0.2, 0.25) is 0 Å². The fraction of sp³-hybridized carbons (Fsp3) is 0.421.